The lowest BCUT2D eigenvalue weighted by molar-refractivity contribution is 0.286. The summed E-state index contributed by atoms with van der Waals surface area (Å²) in [4.78, 5) is 0. The quantitative estimate of drug-likeness (QED) is 0.883. The molecule has 0 spiro atoms. The first-order valence-corrected chi connectivity index (χ1v) is 6.99. The predicted octanol–water partition coefficient (Wildman–Crippen LogP) is 3.73. The van der Waals surface area contributed by atoms with Crippen molar-refractivity contribution in [2.45, 2.75) is 20.0 Å². The zero-order valence-corrected chi connectivity index (χ0v) is 11.9. The van der Waals surface area contributed by atoms with E-state index in [1.807, 2.05) is 0 Å². The van der Waals surface area contributed by atoms with Gasteiger partial charge in [-0.3, -0.25) is 0 Å². The van der Waals surface area contributed by atoms with Gasteiger partial charge < -0.3 is 10.1 Å². The predicted molar refractivity (Wildman–Crippen MR) is 74.4 cm³/mol. The summed E-state index contributed by atoms with van der Waals surface area (Å²) >= 11 is 7.13. The summed E-state index contributed by atoms with van der Waals surface area (Å²) in [6.45, 7) is 3.03. The maximum Gasteiger partial charge on any atom is 0.174 e. The second-order valence-electron chi connectivity index (χ2n) is 3.81. The molecule has 7 heteroatoms. The molecule has 0 saturated carbocycles. The molecule has 1 heterocycles. The van der Waals surface area contributed by atoms with Crippen LogP contribution in [0.4, 0.5) is 9.39 Å². The molecule has 102 valence electrons. The number of para-hydroxylation sites is 1. The van der Waals surface area contributed by atoms with Gasteiger partial charge in [-0.15, -0.1) is 5.10 Å². The molecule has 4 nitrogen and oxygen atoms in total. The van der Waals surface area contributed by atoms with Crippen molar-refractivity contribution in [2.24, 2.45) is 0 Å². The number of benzene rings is 1. The van der Waals surface area contributed by atoms with Crippen molar-refractivity contribution in [3.05, 3.63) is 34.7 Å². The summed E-state index contributed by atoms with van der Waals surface area (Å²) in [5.74, 6) is -0.447. The summed E-state index contributed by atoms with van der Waals surface area (Å²) in [7, 11) is 0. The molecule has 0 amide bonds. The Labute approximate surface area is 119 Å². The van der Waals surface area contributed by atoms with Crippen LogP contribution in [0.15, 0.2) is 18.2 Å². The first kappa shape index (κ1) is 14.0. The lowest BCUT2D eigenvalue weighted by atomic mass is 10.3. The molecule has 0 aliphatic rings. The van der Waals surface area contributed by atoms with Crippen LogP contribution >= 0.6 is 23.1 Å². The monoisotopic (exact) mass is 301 g/mol. The summed E-state index contributed by atoms with van der Waals surface area (Å²) in [6.07, 6.45) is 0.997. The van der Waals surface area contributed by atoms with Gasteiger partial charge in [0.15, 0.2) is 11.6 Å². The highest BCUT2D eigenvalue weighted by atomic mass is 35.5. The van der Waals surface area contributed by atoms with E-state index in [-0.39, 0.29) is 17.4 Å². The van der Waals surface area contributed by atoms with Gasteiger partial charge in [0.05, 0.1) is 5.02 Å². The average molecular weight is 302 g/mol. The van der Waals surface area contributed by atoms with Gasteiger partial charge in [-0.1, -0.05) is 29.1 Å². The number of hydrogen-bond acceptors (Lipinski definition) is 5. The summed E-state index contributed by atoms with van der Waals surface area (Å²) in [6, 6.07) is 4.41. The van der Waals surface area contributed by atoms with Gasteiger partial charge in [0, 0.05) is 18.1 Å². The van der Waals surface area contributed by atoms with Crippen molar-refractivity contribution in [3.63, 3.8) is 0 Å². The summed E-state index contributed by atoms with van der Waals surface area (Å²) in [5, 5.41) is 8.24. The van der Waals surface area contributed by atoms with Gasteiger partial charge in [0.25, 0.3) is 0 Å². The Morgan fingerprint density at radius 1 is 1.47 bits per heavy atom. The third kappa shape index (κ3) is 3.54. The number of aromatic nitrogens is 2. The van der Waals surface area contributed by atoms with Crippen molar-refractivity contribution in [1.29, 1.82) is 0 Å². The van der Waals surface area contributed by atoms with E-state index < -0.39 is 5.82 Å². The molecule has 2 aromatic rings. The second kappa shape index (κ2) is 6.68. The van der Waals surface area contributed by atoms with Gasteiger partial charge in [-0.05, 0) is 18.6 Å². The van der Waals surface area contributed by atoms with Crippen LogP contribution in [0, 0.1) is 5.82 Å². The van der Waals surface area contributed by atoms with E-state index in [1.54, 1.807) is 6.07 Å². The first-order chi connectivity index (χ1) is 9.22. The van der Waals surface area contributed by atoms with Crippen LogP contribution in [0.25, 0.3) is 0 Å². The lowest BCUT2D eigenvalue weighted by Crippen LogP contribution is -2.04. The Kier molecular flexibility index (Phi) is 4.93. The Hall–Kier alpha value is -1.40. The molecule has 0 bridgehead atoms. The highest BCUT2D eigenvalue weighted by molar-refractivity contribution is 7.10. The molecule has 0 atom stereocenters. The Morgan fingerprint density at radius 3 is 3.05 bits per heavy atom. The molecule has 0 saturated heterocycles. The zero-order valence-electron chi connectivity index (χ0n) is 10.3. The summed E-state index contributed by atoms with van der Waals surface area (Å²) < 4.78 is 22.8. The largest absolute Gasteiger partial charge is 0.482 e. The summed E-state index contributed by atoms with van der Waals surface area (Å²) in [5.41, 5.74) is 0.651. The maximum absolute atomic E-state index is 13.5. The number of ether oxygens (including phenoxy) is 1. The molecule has 0 radical (unpaired) electrons. The molecule has 1 aromatic heterocycles. The van der Waals surface area contributed by atoms with E-state index >= 15 is 0 Å². The molecule has 2 rings (SSSR count). The number of anilines is 1. The smallest absolute Gasteiger partial charge is 0.174 e. The molecule has 1 aromatic carbocycles. The minimum absolute atomic E-state index is 0.0404. The molecule has 1 N–H and O–H groups in total. The van der Waals surface area contributed by atoms with Crippen molar-refractivity contribution < 1.29 is 9.13 Å². The number of nitrogens with zero attached hydrogens (tertiary/aromatic N) is 2. The Morgan fingerprint density at radius 2 is 2.32 bits per heavy atom. The highest BCUT2D eigenvalue weighted by Gasteiger charge is 2.12. The van der Waals surface area contributed by atoms with Crippen LogP contribution in [-0.4, -0.2) is 16.1 Å². The van der Waals surface area contributed by atoms with Crippen molar-refractivity contribution in [3.8, 4) is 5.75 Å². The van der Waals surface area contributed by atoms with Gasteiger partial charge >= 0.3 is 0 Å². The fourth-order valence-corrected chi connectivity index (χ4v) is 2.25. The third-order valence-electron chi connectivity index (χ3n) is 2.36. The van der Waals surface area contributed by atoms with Crippen molar-refractivity contribution >= 4 is 28.1 Å². The SMILES string of the molecule is CCCNc1snnc1COc1c(F)cccc1Cl. The van der Waals surface area contributed by atoms with Gasteiger partial charge in [0.1, 0.15) is 17.3 Å². The number of nitrogens with one attached hydrogen (secondary N) is 1. The molecule has 0 fully saturated rings. The number of rotatable bonds is 6. The van der Waals surface area contributed by atoms with Crippen LogP contribution in [-0.2, 0) is 6.61 Å². The third-order valence-corrected chi connectivity index (χ3v) is 3.39. The first-order valence-electron chi connectivity index (χ1n) is 5.84. The van der Waals surface area contributed by atoms with Crippen LogP contribution < -0.4 is 10.1 Å². The lowest BCUT2D eigenvalue weighted by Gasteiger charge is -2.08. The molecule has 0 aliphatic heterocycles. The Balaban J connectivity index is 2.04. The van der Waals surface area contributed by atoms with Crippen LogP contribution in [0.3, 0.4) is 0 Å². The van der Waals surface area contributed by atoms with E-state index in [0.717, 1.165) is 18.0 Å². The Bertz CT molecular complexity index is 529. The topological polar surface area (TPSA) is 47.0 Å². The molecule has 0 unspecified atom stereocenters. The van der Waals surface area contributed by atoms with Gasteiger partial charge in [-0.25, -0.2) is 4.39 Å². The van der Waals surface area contributed by atoms with E-state index in [0.29, 0.717) is 5.69 Å². The maximum atomic E-state index is 13.5. The van der Waals surface area contributed by atoms with E-state index in [2.05, 4.69) is 21.8 Å². The second-order valence-corrected chi connectivity index (χ2v) is 4.98. The standard InChI is InChI=1S/C12H13ClFN3OS/c1-2-6-15-12-10(16-17-19-12)7-18-11-8(13)4-3-5-9(11)14/h3-5,15H,2,6-7H2,1H3. The van der Waals surface area contributed by atoms with Crippen molar-refractivity contribution in [2.75, 3.05) is 11.9 Å². The molecular weight excluding hydrogens is 289 g/mol. The molecule has 0 aliphatic carbocycles. The van der Waals surface area contributed by atoms with Crippen LogP contribution in [0.1, 0.15) is 19.0 Å². The number of halogens is 2. The minimum Gasteiger partial charge on any atom is -0.482 e. The average Bonchev–Trinajstić information content (AvgIpc) is 2.83. The van der Waals surface area contributed by atoms with E-state index in [1.165, 1.54) is 23.7 Å². The highest BCUT2D eigenvalue weighted by Crippen LogP contribution is 2.29. The van der Waals surface area contributed by atoms with E-state index in [9.17, 15) is 4.39 Å². The van der Waals surface area contributed by atoms with Crippen LogP contribution in [0.5, 0.6) is 5.75 Å². The fourth-order valence-electron chi connectivity index (χ4n) is 1.44. The molecular formula is C12H13ClFN3OS. The van der Waals surface area contributed by atoms with Crippen molar-refractivity contribution in [1.82, 2.24) is 9.59 Å². The van der Waals surface area contributed by atoms with E-state index in [4.69, 9.17) is 16.3 Å². The number of hydrogen-bond donors (Lipinski definition) is 1. The van der Waals surface area contributed by atoms with Crippen LogP contribution in [0.2, 0.25) is 5.02 Å². The molecule has 19 heavy (non-hydrogen) atoms. The zero-order chi connectivity index (χ0) is 13.7. The van der Waals surface area contributed by atoms with Gasteiger partial charge in [-0.2, -0.15) is 0 Å². The van der Waals surface area contributed by atoms with Gasteiger partial charge in [0.2, 0.25) is 0 Å². The minimum atomic E-state index is -0.487. The normalized spacial score (nSPS) is 10.5. The fraction of sp³-hybridized carbons (Fsp3) is 0.333.